The van der Waals surface area contributed by atoms with Gasteiger partial charge in [-0.15, -0.1) is 0 Å². The zero-order chi connectivity index (χ0) is 13.5. The average molecular weight is 252 g/mol. The number of aromatic hydroxyl groups is 1. The molecule has 1 rings (SSSR count). The molecule has 1 aromatic rings. The topological polar surface area (TPSA) is 84.6 Å². The SMILES string of the molecule is CC(C)CONC(=O)C(N)Cc1ccc(O)cc1. The number of carbonyl (C=O) groups is 1. The molecule has 0 heterocycles. The Labute approximate surface area is 107 Å². The molecular formula is C13H20N2O3. The Hall–Kier alpha value is -1.59. The highest BCUT2D eigenvalue weighted by Crippen LogP contribution is 2.10. The Bertz CT molecular complexity index is 376. The first kappa shape index (κ1) is 14.5. The van der Waals surface area contributed by atoms with Crippen molar-refractivity contribution < 1.29 is 14.7 Å². The molecule has 0 spiro atoms. The van der Waals surface area contributed by atoms with Gasteiger partial charge in [0.05, 0.1) is 12.6 Å². The fourth-order valence-electron chi connectivity index (χ4n) is 1.33. The van der Waals surface area contributed by atoms with E-state index in [0.717, 1.165) is 5.56 Å². The first-order valence-corrected chi connectivity index (χ1v) is 5.94. The standard InChI is InChI=1S/C13H20N2O3/c1-9(2)8-18-15-13(17)12(14)7-10-3-5-11(16)6-4-10/h3-6,9,12,16H,7-8,14H2,1-2H3,(H,15,17). The maximum atomic E-state index is 11.6. The van der Waals surface area contributed by atoms with Crippen LogP contribution in [-0.2, 0) is 16.1 Å². The number of phenolic OH excluding ortho intramolecular Hbond substituents is 1. The van der Waals surface area contributed by atoms with Crippen LogP contribution in [0.15, 0.2) is 24.3 Å². The van der Waals surface area contributed by atoms with E-state index < -0.39 is 6.04 Å². The van der Waals surface area contributed by atoms with Crippen LogP contribution < -0.4 is 11.2 Å². The molecule has 4 N–H and O–H groups in total. The lowest BCUT2D eigenvalue weighted by Crippen LogP contribution is -2.42. The van der Waals surface area contributed by atoms with E-state index in [-0.39, 0.29) is 11.7 Å². The number of nitrogens with two attached hydrogens (primary N) is 1. The number of phenols is 1. The Morgan fingerprint density at radius 3 is 2.56 bits per heavy atom. The second kappa shape index (κ2) is 6.98. The summed E-state index contributed by atoms with van der Waals surface area (Å²) in [6.07, 6.45) is 0.400. The third kappa shape index (κ3) is 5.16. The van der Waals surface area contributed by atoms with Gasteiger partial charge in [0, 0.05) is 0 Å². The van der Waals surface area contributed by atoms with E-state index in [2.05, 4.69) is 5.48 Å². The number of amides is 1. The van der Waals surface area contributed by atoms with Gasteiger partial charge in [0.2, 0.25) is 0 Å². The maximum absolute atomic E-state index is 11.6. The van der Waals surface area contributed by atoms with Crippen molar-refractivity contribution >= 4 is 5.91 Å². The minimum atomic E-state index is -0.665. The second-order valence-corrected chi connectivity index (χ2v) is 4.65. The third-order valence-corrected chi connectivity index (χ3v) is 2.32. The molecular weight excluding hydrogens is 232 g/mol. The van der Waals surface area contributed by atoms with Crippen LogP contribution in [0.4, 0.5) is 0 Å². The van der Waals surface area contributed by atoms with Gasteiger partial charge in [-0.25, -0.2) is 5.48 Å². The summed E-state index contributed by atoms with van der Waals surface area (Å²) in [5, 5.41) is 9.14. The largest absolute Gasteiger partial charge is 0.508 e. The van der Waals surface area contributed by atoms with E-state index >= 15 is 0 Å². The highest BCUT2D eigenvalue weighted by atomic mass is 16.7. The van der Waals surface area contributed by atoms with Gasteiger partial charge >= 0.3 is 0 Å². The number of carbonyl (C=O) groups excluding carboxylic acids is 1. The molecule has 5 heteroatoms. The molecule has 0 aliphatic carbocycles. The van der Waals surface area contributed by atoms with Crippen molar-refractivity contribution in [3.63, 3.8) is 0 Å². The molecule has 0 saturated heterocycles. The van der Waals surface area contributed by atoms with E-state index in [1.807, 2.05) is 13.8 Å². The summed E-state index contributed by atoms with van der Waals surface area (Å²) in [5.74, 6) is 0.194. The van der Waals surface area contributed by atoms with Gasteiger partial charge in [-0.05, 0) is 30.0 Å². The van der Waals surface area contributed by atoms with E-state index in [9.17, 15) is 4.79 Å². The molecule has 1 atom stereocenters. The number of benzene rings is 1. The lowest BCUT2D eigenvalue weighted by Gasteiger charge is -2.13. The molecule has 0 aromatic heterocycles. The Morgan fingerprint density at radius 2 is 2.00 bits per heavy atom. The van der Waals surface area contributed by atoms with Gasteiger partial charge in [0.25, 0.3) is 5.91 Å². The number of hydrogen-bond donors (Lipinski definition) is 3. The van der Waals surface area contributed by atoms with Gasteiger partial charge in [0.15, 0.2) is 0 Å². The summed E-state index contributed by atoms with van der Waals surface area (Å²) in [6, 6.07) is 5.93. The third-order valence-electron chi connectivity index (χ3n) is 2.32. The van der Waals surface area contributed by atoms with E-state index in [1.165, 1.54) is 0 Å². The van der Waals surface area contributed by atoms with E-state index in [1.54, 1.807) is 24.3 Å². The molecule has 0 radical (unpaired) electrons. The normalized spacial score (nSPS) is 12.4. The Balaban J connectivity index is 2.37. The summed E-state index contributed by atoms with van der Waals surface area (Å²) in [6.45, 7) is 4.43. The van der Waals surface area contributed by atoms with Crippen molar-refractivity contribution in [1.82, 2.24) is 5.48 Å². The molecule has 0 fully saturated rings. The highest BCUT2D eigenvalue weighted by molar-refractivity contribution is 5.80. The van der Waals surface area contributed by atoms with Gasteiger partial charge in [-0.3, -0.25) is 9.63 Å². The summed E-state index contributed by atoms with van der Waals surface area (Å²) in [7, 11) is 0. The lowest BCUT2D eigenvalue weighted by atomic mass is 10.1. The van der Waals surface area contributed by atoms with Crippen LogP contribution in [-0.4, -0.2) is 23.7 Å². The zero-order valence-electron chi connectivity index (χ0n) is 10.7. The fourth-order valence-corrected chi connectivity index (χ4v) is 1.33. The maximum Gasteiger partial charge on any atom is 0.260 e. The van der Waals surface area contributed by atoms with Crippen LogP contribution in [0.5, 0.6) is 5.75 Å². The molecule has 1 amide bonds. The van der Waals surface area contributed by atoms with Crippen LogP contribution in [0.2, 0.25) is 0 Å². The van der Waals surface area contributed by atoms with E-state index in [4.69, 9.17) is 15.7 Å². The number of hydroxylamine groups is 1. The number of rotatable bonds is 6. The van der Waals surface area contributed by atoms with Crippen molar-refractivity contribution in [2.45, 2.75) is 26.3 Å². The summed E-state index contributed by atoms with van der Waals surface area (Å²) in [4.78, 5) is 16.6. The highest BCUT2D eigenvalue weighted by Gasteiger charge is 2.14. The number of nitrogens with one attached hydrogen (secondary N) is 1. The van der Waals surface area contributed by atoms with E-state index in [0.29, 0.717) is 18.9 Å². The van der Waals surface area contributed by atoms with Crippen molar-refractivity contribution in [3.8, 4) is 5.75 Å². The van der Waals surface area contributed by atoms with Gasteiger partial charge in [-0.2, -0.15) is 0 Å². The van der Waals surface area contributed by atoms with Crippen LogP contribution in [0, 0.1) is 5.92 Å². The average Bonchev–Trinajstić information content (AvgIpc) is 2.31. The molecule has 1 unspecified atom stereocenters. The minimum Gasteiger partial charge on any atom is -0.508 e. The van der Waals surface area contributed by atoms with Gasteiger partial charge in [0.1, 0.15) is 5.75 Å². The van der Waals surface area contributed by atoms with Gasteiger partial charge < -0.3 is 10.8 Å². The second-order valence-electron chi connectivity index (χ2n) is 4.65. The van der Waals surface area contributed by atoms with Crippen molar-refractivity contribution in [1.29, 1.82) is 0 Å². The zero-order valence-corrected chi connectivity index (χ0v) is 10.7. The van der Waals surface area contributed by atoms with Gasteiger partial charge in [-0.1, -0.05) is 26.0 Å². The first-order chi connectivity index (χ1) is 8.49. The summed E-state index contributed by atoms with van der Waals surface area (Å²) >= 11 is 0. The smallest absolute Gasteiger partial charge is 0.260 e. The predicted octanol–water partition coefficient (Wildman–Crippen LogP) is 0.966. The summed E-state index contributed by atoms with van der Waals surface area (Å²) < 4.78 is 0. The Kier molecular flexibility index (Phi) is 5.61. The quantitative estimate of drug-likeness (QED) is 0.658. The van der Waals surface area contributed by atoms with Crippen LogP contribution >= 0.6 is 0 Å². The molecule has 5 nitrogen and oxygen atoms in total. The Morgan fingerprint density at radius 1 is 1.39 bits per heavy atom. The van der Waals surface area contributed by atoms with Crippen LogP contribution in [0.3, 0.4) is 0 Å². The van der Waals surface area contributed by atoms with Crippen LogP contribution in [0.25, 0.3) is 0 Å². The molecule has 0 aliphatic heterocycles. The monoisotopic (exact) mass is 252 g/mol. The van der Waals surface area contributed by atoms with Crippen molar-refractivity contribution in [2.24, 2.45) is 11.7 Å². The molecule has 1 aromatic carbocycles. The minimum absolute atomic E-state index is 0.192. The molecule has 18 heavy (non-hydrogen) atoms. The van der Waals surface area contributed by atoms with Crippen LogP contribution in [0.1, 0.15) is 19.4 Å². The molecule has 100 valence electrons. The molecule has 0 bridgehead atoms. The fraction of sp³-hybridized carbons (Fsp3) is 0.462. The number of hydrogen-bond acceptors (Lipinski definition) is 4. The van der Waals surface area contributed by atoms with Crippen molar-refractivity contribution in [3.05, 3.63) is 29.8 Å². The first-order valence-electron chi connectivity index (χ1n) is 5.94. The molecule has 0 aliphatic rings. The lowest BCUT2D eigenvalue weighted by molar-refractivity contribution is -0.135. The van der Waals surface area contributed by atoms with Crippen molar-refractivity contribution in [2.75, 3.05) is 6.61 Å². The predicted molar refractivity (Wildman–Crippen MR) is 68.7 cm³/mol. The molecule has 0 saturated carbocycles. The summed E-state index contributed by atoms with van der Waals surface area (Å²) in [5.41, 5.74) is 8.97.